The van der Waals surface area contributed by atoms with E-state index >= 15 is 0 Å². The van der Waals surface area contributed by atoms with Crippen molar-refractivity contribution in [2.75, 3.05) is 13.1 Å². The monoisotopic (exact) mass is 444 g/mol. The van der Waals surface area contributed by atoms with E-state index in [4.69, 9.17) is 4.74 Å². The molecule has 1 aromatic heterocycles. The number of aromatic hydroxyl groups is 1. The molecule has 33 heavy (non-hydrogen) atoms. The molecular formula is C26H28N4O3. The van der Waals surface area contributed by atoms with E-state index in [1.54, 1.807) is 35.5 Å². The fourth-order valence-corrected chi connectivity index (χ4v) is 5.28. The van der Waals surface area contributed by atoms with Gasteiger partial charge >= 0.3 is 6.09 Å². The Morgan fingerprint density at radius 3 is 2.39 bits per heavy atom. The highest BCUT2D eigenvalue weighted by atomic mass is 16.6. The molecule has 0 radical (unpaired) electrons. The number of aromatic nitrogens is 2. The highest BCUT2D eigenvalue weighted by molar-refractivity contribution is 5.73. The molecule has 0 aliphatic carbocycles. The van der Waals surface area contributed by atoms with Crippen LogP contribution in [0.25, 0.3) is 0 Å². The Morgan fingerprint density at radius 2 is 1.70 bits per heavy atom. The van der Waals surface area contributed by atoms with E-state index < -0.39 is 11.1 Å². The zero-order valence-corrected chi connectivity index (χ0v) is 18.7. The van der Waals surface area contributed by atoms with Gasteiger partial charge in [-0.1, -0.05) is 42.5 Å². The van der Waals surface area contributed by atoms with Crippen LogP contribution in [0.3, 0.4) is 0 Å². The van der Waals surface area contributed by atoms with Crippen LogP contribution in [-0.4, -0.2) is 49.7 Å². The van der Waals surface area contributed by atoms with Crippen LogP contribution in [0.4, 0.5) is 4.79 Å². The summed E-state index contributed by atoms with van der Waals surface area (Å²) in [5.74, 6) is 0.871. The Bertz CT molecular complexity index is 1120. The summed E-state index contributed by atoms with van der Waals surface area (Å²) in [4.78, 5) is 26.1. The lowest BCUT2D eigenvalue weighted by Gasteiger charge is -2.48. The second-order valence-corrected chi connectivity index (χ2v) is 9.00. The third-order valence-corrected chi connectivity index (χ3v) is 7.17. The van der Waals surface area contributed by atoms with Crippen molar-refractivity contribution in [1.82, 2.24) is 19.8 Å². The number of phenols is 1. The van der Waals surface area contributed by atoms with Gasteiger partial charge in [0.1, 0.15) is 22.7 Å². The van der Waals surface area contributed by atoms with Crippen molar-refractivity contribution >= 4 is 6.09 Å². The van der Waals surface area contributed by atoms with Gasteiger partial charge in [-0.05, 0) is 36.2 Å². The summed E-state index contributed by atoms with van der Waals surface area (Å²) in [5.41, 5.74) is 0.827. The van der Waals surface area contributed by atoms with Crippen molar-refractivity contribution < 1.29 is 14.6 Å². The number of phenolic OH excluding ortho intramolecular Hbond substituents is 1. The average molecular weight is 445 g/mol. The van der Waals surface area contributed by atoms with Crippen LogP contribution in [0, 0.1) is 0 Å². The number of ether oxygens (including phenoxy) is 1. The van der Waals surface area contributed by atoms with Crippen LogP contribution in [0.2, 0.25) is 0 Å². The number of likely N-dealkylation sites (tertiary alicyclic amines) is 1. The molecule has 3 aromatic rings. The van der Waals surface area contributed by atoms with Crippen molar-refractivity contribution in [3.8, 4) is 5.75 Å². The predicted molar refractivity (Wildman–Crippen MR) is 123 cm³/mol. The highest BCUT2D eigenvalue weighted by Gasteiger charge is 2.63. The van der Waals surface area contributed by atoms with Crippen molar-refractivity contribution in [2.45, 2.75) is 44.0 Å². The number of amides is 1. The van der Waals surface area contributed by atoms with Gasteiger partial charge < -0.3 is 9.84 Å². The molecule has 2 fully saturated rings. The smallest absolute Gasteiger partial charge is 0.411 e. The van der Waals surface area contributed by atoms with Gasteiger partial charge in [-0.3, -0.25) is 9.80 Å². The van der Waals surface area contributed by atoms with E-state index in [1.165, 1.54) is 0 Å². The summed E-state index contributed by atoms with van der Waals surface area (Å²) in [5, 5.41) is 9.79. The molecule has 1 atom stereocenters. The zero-order valence-electron chi connectivity index (χ0n) is 18.7. The first-order valence-corrected chi connectivity index (χ1v) is 11.3. The minimum Gasteiger partial charge on any atom is -0.508 e. The molecule has 7 heteroatoms. The Kier molecular flexibility index (Phi) is 5.50. The first kappa shape index (κ1) is 21.4. The topological polar surface area (TPSA) is 78.8 Å². The highest BCUT2D eigenvalue weighted by Crippen LogP contribution is 2.52. The van der Waals surface area contributed by atoms with E-state index in [0.29, 0.717) is 12.4 Å². The fourth-order valence-electron chi connectivity index (χ4n) is 5.28. The quantitative estimate of drug-likeness (QED) is 0.639. The third kappa shape index (κ3) is 3.82. The molecule has 2 aromatic carbocycles. The van der Waals surface area contributed by atoms with E-state index in [9.17, 15) is 9.90 Å². The summed E-state index contributed by atoms with van der Waals surface area (Å²) in [7, 11) is 0. The second-order valence-electron chi connectivity index (χ2n) is 9.00. The van der Waals surface area contributed by atoms with Crippen LogP contribution in [0.1, 0.15) is 36.7 Å². The lowest BCUT2D eigenvalue weighted by Crippen LogP contribution is -2.58. The fraction of sp³-hybridized carbons (Fsp3) is 0.346. The summed E-state index contributed by atoms with van der Waals surface area (Å²) in [6.07, 6.45) is 4.50. The Hall–Kier alpha value is -3.45. The Labute approximate surface area is 193 Å². The van der Waals surface area contributed by atoms with Crippen molar-refractivity contribution in [1.29, 1.82) is 0 Å². The molecule has 1 amide bonds. The van der Waals surface area contributed by atoms with E-state index in [0.717, 1.165) is 43.6 Å². The summed E-state index contributed by atoms with van der Waals surface area (Å²) in [6.45, 7) is 4.74. The number of rotatable bonds is 5. The number of piperidine rings is 1. The normalized spacial score (nSPS) is 22.5. The maximum absolute atomic E-state index is 13.3. The predicted octanol–water partition coefficient (Wildman–Crippen LogP) is 4.08. The summed E-state index contributed by atoms with van der Waals surface area (Å²) >= 11 is 0. The number of carbonyl (C=O) groups excluding carboxylic acids is 1. The van der Waals surface area contributed by atoms with E-state index in [-0.39, 0.29) is 11.8 Å². The standard InChI is InChI=1S/C26H28N4O3/c1-25(21-8-3-2-4-9-21)26(33-24(32)30(25)19-23-27-13-6-14-28-23)11-15-29(16-12-26)18-20-7-5-10-22(31)17-20/h2-10,13-14,17,31H,11-12,15-16,18-19H2,1H3. The molecule has 0 saturated carbocycles. The largest absolute Gasteiger partial charge is 0.508 e. The number of hydrogen-bond acceptors (Lipinski definition) is 6. The molecular weight excluding hydrogens is 416 g/mol. The molecule has 1 N–H and O–H groups in total. The minimum atomic E-state index is -0.651. The van der Waals surface area contributed by atoms with Crippen molar-refractivity contribution in [2.24, 2.45) is 0 Å². The van der Waals surface area contributed by atoms with Gasteiger partial charge in [-0.2, -0.15) is 0 Å². The molecule has 2 saturated heterocycles. The first-order chi connectivity index (χ1) is 16.0. The zero-order chi connectivity index (χ0) is 22.9. The van der Waals surface area contributed by atoms with Crippen LogP contribution in [0.15, 0.2) is 73.1 Å². The van der Waals surface area contributed by atoms with Gasteiger partial charge in [0.2, 0.25) is 0 Å². The first-order valence-electron chi connectivity index (χ1n) is 11.3. The van der Waals surface area contributed by atoms with Gasteiger partial charge in [0, 0.05) is 44.9 Å². The third-order valence-electron chi connectivity index (χ3n) is 7.17. The van der Waals surface area contributed by atoms with Gasteiger partial charge in [-0.25, -0.2) is 14.8 Å². The molecule has 3 heterocycles. The summed E-state index contributed by atoms with van der Waals surface area (Å²) in [6, 6.07) is 19.3. The maximum Gasteiger partial charge on any atom is 0.411 e. The molecule has 7 nitrogen and oxygen atoms in total. The van der Waals surface area contributed by atoms with Gasteiger partial charge in [-0.15, -0.1) is 0 Å². The van der Waals surface area contributed by atoms with Gasteiger partial charge in [0.25, 0.3) is 0 Å². The molecule has 1 unspecified atom stereocenters. The lowest BCUT2D eigenvalue weighted by molar-refractivity contribution is -0.0616. The lowest BCUT2D eigenvalue weighted by atomic mass is 9.70. The molecule has 0 bridgehead atoms. The Morgan fingerprint density at radius 1 is 0.970 bits per heavy atom. The number of hydrogen-bond donors (Lipinski definition) is 1. The second kappa shape index (κ2) is 8.48. The van der Waals surface area contributed by atoms with Crippen molar-refractivity contribution in [3.63, 3.8) is 0 Å². The number of benzene rings is 2. The molecule has 1 spiro atoms. The average Bonchev–Trinajstić information content (AvgIpc) is 3.04. The van der Waals surface area contributed by atoms with Gasteiger partial charge in [0.05, 0.1) is 6.54 Å². The van der Waals surface area contributed by atoms with Crippen LogP contribution < -0.4 is 0 Å². The minimum absolute atomic E-state index is 0.279. The SMILES string of the molecule is CC1(c2ccccc2)N(Cc2ncccn2)C(=O)OC12CCN(Cc1cccc(O)c1)CC2. The molecule has 5 rings (SSSR count). The molecule has 170 valence electrons. The van der Waals surface area contributed by atoms with Crippen LogP contribution in [-0.2, 0) is 23.4 Å². The maximum atomic E-state index is 13.3. The molecule has 2 aliphatic heterocycles. The van der Waals surface area contributed by atoms with Crippen LogP contribution >= 0.6 is 0 Å². The summed E-state index contributed by atoms with van der Waals surface area (Å²) < 4.78 is 6.23. The van der Waals surface area contributed by atoms with E-state index in [1.807, 2.05) is 30.3 Å². The number of nitrogens with zero attached hydrogens (tertiary/aromatic N) is 4. The number of carbonyl (C=O) groups is 1. The Balaban J connectivity index is 1.43. The molecule has 2 aliphatic rings. The van der Waals surface area contributed by atoms with Gasteiger partial charge in [0.15, 0.2) is 0 Å². The van der Waals surface area contributed by atoms with E-state index in [2.05, 4.69) is 33.9 Å². The van der Waals surface area contributed by atoms with Crippen LogP contribution in [0.5, 0.6) is 5.75 Å². The van der Waals surface area contributed by atoms with Crippen molar-refractivity contribution in [3.05, 3.63) is 90.0 Å².